The third kappa shape index (κ3) is 45.8. The van der Waals surface area contributed by atoms with Gasteiger partial charge < -0.3 is 24.7 Å². The topological polar surface area (TPSA) is 149 Å². The third-order valence-electron chi connectivity index (χ3n) is 12.6. The summed E-state index contributed by atoms with van der Waals surface area (Å²) in [6.45, 7) is 17.4. The van der Waals surface area contributed by atoms with Gasteiger partial charge >= 0.3 is 11.9 Å². The Balaban J connectivity index is 5.04. The number of hydrogen-bond acceptors (Lipinski definition) is 13. The number of hydrogen-bond donors (Lipinski definition) is 5. The maximum atomic E-state index is 12.9. The van der Waals surface area contributed by atoms with Crippen molar-refractivity contribution in [2.24, 2.45) is 11.1 Å². The van der Waals surface area contributed by atoms with Crippen LogP contribution < -0.4 is 26.7 Å². The van der Waals surface area contributed by atoms with E-state index in [1.807, 2.05) is 7.05 Å². The molecule has 386 valence electrons. The number of nitrogens with one attached hydrogen (secondary N) is 5. The van der Waals surface area contributed by atoms with Crippen molar-refractivity contribution in [3.8, 4) is 0 Å². The van der Waals surface area contributed by atoms with Crippen molar-refractivity contribution in [1.82, 2.24) is 36.5 Å². The van der Waals surface area contributed by atoms with Crippen molar-refractivity contribution < 1.29 is 19.2 Å². The molecule has 5 N–H and O–H groups in total. The third-order valence-corrected chi connectivity index (χ3v) is 12.6. The van der Waals surface area contributed by atoms with Gasteiger partial charge in [0.1, 0.15) is 0 Å². The molecule has 0 aliphatic heterocycles. The zero-order chi connectivity index (χ0) is 47.5. The molecule has 0 spiro atoms. The molecule has 2 unspecified atom stereocenters. The van der Waals surface area contributed by atoms with Gasteiger partial charge in [-0.25, -0.2) is 0 Å². The van der Waals surface area contributed by atoms with Crippen LogP contribution in [0.1, 0.15) is 233 Å². The van der Waals surface area contributed by atoms with E-state index in [2.05, 4.69) is 69.4 Å². The zero-order valence-electron chi connectivity index (χ0n) is 43.4. The average molecular weight is 925 g/mol. The lowest BCUT2D eigenvalue weighted by Gasteiger charge is -2.27. The van der Waals surface area contributed by atoms with Crippen LogP contribution >= 0.6 is 0 Å². The molecular formula is C52H108N8O5. The molecule has 0 amide bonds. The molecule has 0 saturated carbocycles. The molecule has 0 aliphatic rings. The van der Waals surface area contributed by atoms with Gasteiger partial charge in [0, 0.05) is 52.5 Å². The monoisotopic (exact) mass is 925 g/mol. The summed E-state index contributed by atoms with van der Waals surface area (Å²) in [6, 6.07) is 0. The zero-order valence-corrected chi connectivity index (χ0v) is 43.4. The normalized spacial score (nSPS) is 12.6. The highest BCUT2D eigenvalue weighted by Gasteiger charge is 2.15. The van der Waals surface area contributed by atoms with E-state index < -0.39 is 0 Å². The summed E-state index contributed by atoms with van der Waals surface area (Å²) in [5, 5.41) is 16.2. The van der Waals surface area contributed by atoms with Crippen LogP contribution in [0.25, 0.3) is 0 Å². The Morgan fingerprint density at radius 3 is 1.48 bits per heavy atom. The number of hydroxylamine groups is 1. The Labute approximate surface area is 401 Å². The van der Waals surface area contributed by atoms with Gasteiger partial charge in [-0.05, 0) is 84.0 Å². The van der Waals surface area contributed by atoms with E-state index in [0.717, 1.165) is 97.2 Å². The molecule has 0 fully saturated rings. The molecule has 0 aromatic heterocycles. The SMILES string of the molecule is CCCCCCCCCN(CCN=O)CCN(CCCCCC(=O)OCC(CCCCCC)CCCCCCCC)CCCCCC(=O)ONC(CCCCCC)NCNCNCNC. The Morgan fingerprint density at radius 2 is 0.938 bits per heavy atom. The van der Waals surface area contributed by atoms with Crippen LogP contribution in [0.15, 0.2) is 5.18 Å². The minimum Gasteiger partial charge on any atom is -0.465 e. The fraction of sp³-hybridized carbons (Fsp3) is 0.962. The largest absolute Gasteiger partial charge is 0.465 e. The molecule has 0 rings (SSSR count). The van der Waals surface area contributed by atoms with Gasteiger partial charge in [0.2, 0.25) is 0 Å². The summed E-state index contributed by atoms with van der Waals surface area (Å²) in [5.41, 5.74) is 3.00. The highest BCUT2D eigenvalue weighted by molar-refractivity contribution is 5.69. The fourth-order valence-corrected chi connectivity index (χ4v) is 8.36. The molecule has 0 saturated heterocycles. The molecular weight excluding hydrogens is 817 g/mol. The van der Waals surface area contributed by atoms with Crippen molar-refractivity contribution >= 4 is 11.9 Å². The number of esters is 1. The summed E-state index contributed by atoms with van der Waals surface area (Å²) >= 11 is 0. The summed E-state index contributed by atoms with van der Waals surface area (Å²) < 4.78 is 5.89. The van der Waals surface area contributed by atoms with E-state index >= 15 is 0 Å². The smallest absolute Gasteiger partial charge is 0.324 e. The summed E-state index contributed by atoms with van der Waals surface area (Å²) in [4.78, 5) is 47.2. The number of carbonyl (C=O) groups excluding carboxylic acids is 2. The van der Waals surface area contributed by atoms with Crippen LogP contribution in [0.5, 0.6) is 0 Å². The van der Waals surface area contributed by atoms with Crippen molar-refractivity contribution in [2.75, 3.05) is 79.5 Å². The van der Waals surface area contributed by atoms with Crippen molar-refractivity contribution in [3.63, 3.8) is 0 Å². The van der Waals surface area contributed by atoms with Gasteiger partial charge in [0.15, 0.2) is 0 Å². The first kappa shape index (κ1) is 63.3. The van der Waals surface area contributed by atoms with Gasteiger partial charge in [-0.3, -0.25) is 25.5 Å². The first-order valence-electron chi connectivity index (χ1n) is 27.6. The van der Waals surface area contributed by atoms with Crippen LogP contribution in [-0.2, 0) is 19.2 Å². The predicted molar refractivity (Wildman–Crippen MR) is 275 cm³/mol. The fourth-order valence-electron chi connectivity index (χ4n) is 8.36. The Hall–Kier alpha value is -1.74. The van der Waals surface area contributed by atoms with Crippen LogP contribution in [0.3, 0.4) is 0 Å². The first-order valence-corrected chi connectivity index (χ1v) is 27.6. The molecule has 0 radical (unpaired) electrons. The number of nitroso groups, excluding NO2 is 1. The van der Waals surface area contributed by atoms with E-state index in [1.165, 1.54) is 135 Å². The van der Waals surface area contributed by atoms with Gasteiger partial charge in [-0.2, -0.15) is 4.91 Å². The van der Waals surface area contributed by atoms with E-state index in [1.54, 1.807) is 0 Å². The number of unbranched alkanes of at least 4 members (excludes halogenated alkanes) is 21. The lowest BCUT2D eigenvalue weighted by Crippen LogP contribution is -2.48. The van der Waals surface area contributed by atoms with Crippen LogP contribution in [0, 0.1) is 10.8 Å². The second-order valence-corrected chi connectivity index (χ2v) is 18.8. The van der Waals surface area contributed by atoms with Crippen LogP contribution in [-0.4, -0.2) is 107 Å². The molecule has 0 aromatic carbocycles. The van der Waals surface area contributed by atoms with E-state index in [4.69, 9.17) is 9.57 Å². The van der Waals surface area contributed by atoms with Gasteiger partial charge in [-0.15, -0.1) is 5.48 Å². The van der Waals surface area contributed by atoms with Crippen molar-refractivity contribution in [2.45, 2.75) is 239 Å². The van der Waals surface area contributed by atoms with E-state index in [-0.39, 0.29) is 18.1 Å². The van der Waals surface area contributed by atoms with Gasteiger partial charge in [0.25, 0.3) is 0 Å². The van der Waals surface area contributed by atoms with Gasteiger partial charge in [-0.1, -0.05) is 174 Å². The maximum absolute atomic E-state index is 12.9. The number of rotatable bonds is 54. The summed E-state index contributed by atoms with van der Waals surface area (Å²) in [6.07, 6.45) is 36.1. The van der Waals surface area contributed by atoms with E-state index in [9.17, 15) is 14.5 Å². The first-order chi connectivity index (χ1) is 31.9. The molecule has 13 heteroatoms. The highest BCUT2D eigenvalue weighted by atomic mass is 16.7. The summed E-state index contributed by atoms with van der Waals surface area (Å²) in [7, 11) is 1.91. The standard InChI is InChI=1S/C52H108N8O5/c1-6-10-14-18-20-22-30-41-60(42-38-57-63)44-43-59(39-31-23-28-36-51(61)64-45-49(33-25-16-12-8-3)34-26-21-19-15-11-7-2)40-32-24-29-37-52(62)65-58-50(35-27-17-13-9-4)56-48-55-47-54-46-53-5/h49-50,53-56,58H,6-48H2,1-5H3. The Kier molecular flexibility index (Phi) is 50.3. The quantitative estimate of drug-likeness (QED) is 0.0130. The van der Waals surface area contributed by atoms with Crippen molar-refractivity contribution in [1.29, 1.82) is 0 Å². The molecule has 0 heterocycles. The van der Waals surface area contributed by atoms with Gasteiger partial charge in [0.05, 0.1) is 19.3 Å². The lowest BCUT2D eigenvalue weighted by molar-refractivity contribution is -0.154. The molecule has 2 atom stereocenters. The molecule has 13 nitrogen and oxygen atoms in total. The molecule has 0 bridgehead atoms. The maximum Gasteiger partial charge on any atom is 0.324 e. The second-order valence-electron chi connectivity index (χ2n) is 18.8. The minimum atomic E-state index is -0.213. The predicted octanol–water partition coefficient (Wildman–Crippen LogP) is 11.3. The Morgan fingerprint density at radius 1 is 0.492 bits per heavy atom. The molecule has 0 aliphatic carbocycles. The lowest BCUT2D eigenvalue weighted by atomic mass is 9.95. The highest BCUT2D eigenvalue weighted by Crippen LogP contribution is 2.20. The number of carbonyl (C=O) groups is 2. The minimum absolute atomic E-state index is 0.0361. The van der Waals surface area contributed by atoms with Crippen LogP contribution in [0.2, 0.25) is 0 Å². The average Bonchev–Trinajstić information content (AvgIpc) is 3.31. The second kappa shape index (κ2) is 51.6. The van der Waals surface area contributed by atoms with E-state index in [0.29, 0.717) is 51.8 Å². The number of nitrogens with zero attached hydrogens (tertiary/aromatic N) is 3. The Bertz CT molecular complexity index is 957. The number of ether oxygens (including phenoxy) is 1. The summed E-state index contributed by atoms with van der Waals surface area (Å²) in [5.74, 6) is 0.245. The van der Waals surface area contributed by atoms with Crippen LogP contribution in [0.4, 0.5) is 0 Å². The molecule has 65 heavy (non-hydrogen) atoms. The molecule has 0 aromatic rings. The van der Waals surface area contributed by atoms with Crippen molar-refractivity contribution in [3.05, 3.63) is 4.91 Å².